The molecule has 0 aliphatic carbocycles. The van der Waals surface area contributed by atoms with Crippen molar-refractivity contribution in [1.29, 1.82) is 0 Å². The van der Waals surface area contributed by atoms with E-state index >= 15 is 0 Å². The van der Waals surface area contributed by atoms with E-state index in [1.165, 1.54) is 0 Å². The van der Waals surface area contributed by atoms with E-state index in [0.717, 1.165) is 34.9 Å². The first-order chi connectivity index (χ1) is 10.1. The maximum absolute atomic E-state index is 13.0. The Morgan fingerprint density at radius 2 is 2.19 bits per heavy atom. The van der Waals surface area contributed by atoms with Crippen LogP contribution >= 0.6 is 0 Å². The molecule has 0 amide bonds. The second-order valence-electron chi connectivity index (χ2n) is 5.73. The summed E-state index contributed by atoms with van der Waals surface area (Å²) in [6.07, 6.45) is 4.32. The number of pyridine rings is 1. The number of aromatic nitrogens is 1. The number of hydrogen-bond donors (Lipinski definition) is 1. The summed E-state index contributed by atoms with van der Waals surface area (Å²) in [5.74, 6) is 0. The van der Waals surface area contributed by atoms with Crippen molar-refractivity contribution in [2.45, 2.75) is 24.3 Å². The van der Waals surface area contributed by atoms with Gasteiger partial charge in [0.15, 0.2) is 0 Å². The summed E-state index contributed by atoms with van der Waals surface area (Å²) in [6.45, 7) is 4.06. The predicted octanol–water partition coefficient (Wildman–Crippen LogP) is 1.58. The molecule has 1 N–H and O–H groups in total. The van der Waals surface area contributed by atoms with E-state index in [0.29, 0.717) is 18.0 Å². The van der Waals surface area contributed by atoms with Gasteiger partial charge in [-0.2, -0.15) is 4.31 Å². The molecular weight excluding hydrogens is 286 g/mol. The van der Waals surface area contributed by atoms with Crippen molar-refractivity contribution in [2.24, 2.45) is 0 Å². The number of benzene rings is 1. The highest BCUT2D eigenvalue weighted by atomic mass is 32.2. The topological polar surface area (TPSA) is 62.3 Å². The molecule has 1 fully saturated rings. The quantitative estimate of drug-likeness (QED) is 0.802. The van der Waals surface area contributed by atoms with Gasteiger partial charge in [0.05, 0.1) is 10.9 Å². The van der Waals surface area contributed by atoms with Crippen LogP contribution in [-0.4, -0.2) is 37.3 Å². The molecule has 5 nitrogen and oxygen atoms in total. The SMILES string of the molecule is Cc1cncc2ccc3c(c12)S(=O)(=O)N1CCCNC[C@H]31. The van der Waals surface area contributed by atoms with Crippen LogP contribution in [0.15, 0.2) is 29.4 Å². The average Bonchev–Trinajstić information content (AvgIpc) is 2.65. The van der Waals surface area contributed by atoms with Gasteiger partial charge < -0.3 is 5.32 Å². The van der Waals surface area contributed by atoms with Crippen LogP contribution < -0.4 is 5.32 Å². The third-order valence-electron chi connectivity index (χ3n) is 4.44. The van der Waals surface area contributed by atoms with Crippen LogP contribution in [0.4, 0.5) is 0 Å². The molecule has 1 saturated heterocycles. The standard InChI is InChI=1S/C15H17N3O2S/c1-10-7-17-8-11-3-4-12-13-9-16-5-2-6-18(13)21(19,20)15(12)14(10)11/h3-4,7-8,13,16H,2,5-6,9H2,1H3/t13-/m1/s1. The summed E-state index contributed by atoms with van der Waals surface area (Å²) < 4.78 is 27.7. The van der Waals surface area contributed by atoms with Gasteiger partial charge in [-0.15, -0.1) is 0 Å². The van der Waals surface area contributed by atoms with Crippen LogP contribution in [0.5, 0.6) is 0 Å². The van der Waals surface area contributed by atoms with Crippen molar-refractivity contribution < 1.29 is 8.42 Å². The van der Waals surface area contributed by atoms with Gasteiger partial charge >= 0.3 is 0 Å². The summed E-state index contributed by atoms with van der Waals surface area (Å²) in [5, 5.41) is 5.06. The van der Waals surface area contributed by atoms with Gasteiger partial charge in [-0.1, -0.05) is 12.1 Å². The number of nitrogens with one attached hydrogen (secondary N) is 1. The van der Waals surface area contributed by atoms with Crippen molar-refractivity contribution in [2.75, 3.05) is 19.6 Å². The molecule has 21 heavy (non-hydrogen) atoms. The highest BCUT2D eigenvalue weighted by molar-refractivity contribution is 7.89. The molecule has 1 aromatic heterocycles. The van der Waals surface area contributed by atoms with Gasteiger partial charge in [0, 0.05) is 36.3 Å². The van der Waals surface area contributed by atoms with E-state index in [4.69, 9.17) is 0 Å². The van der Waals surface area contributed by atoms with Gasteiger partial charge in [-0.25, -0.2) is 8.42 Å². The van der Waals surface area contributed by atoms with Crippen LogP contribution in [-0.2, 0) is 10.0 Å². The normalized spacial score (nSPS) is 24.5. The Morgan fingerprint density at radius 3 is 3.05 bits per heavy atom. The molecule has 3 heterocycles. The molecule has 6 heteroatoms. The van der Waals surface area contributed by atoms with E-state index in [-0.39, 0.29) is 6.04 Å². The fourth-order valence-electron chi connectivity index (χ4n) is 3.49. The third kappa shape index (κ3) is 1.76. The summed E-state index contributed by atoms with van der Waals surface area (Å²) in [6, 6.07) is 3.86. The van der Waals surface area contributed by atoms with Crippen LogP contribution in [0.3, 0.4) is 0 Å². The van der Waals surface area contributed by atoms with Crippen molar-refractivity contribution in [3.63, 3.8) is 0 Å². The number of sulfonamides is 1. The predicted molar refractivity (Wildman–Crippen MR) is 80.6 cm³/mol. The Hall–Kier alpha value is -1.50. The lowest BCUT2D eigenvalue weighted by molar-refractivity contribution is 0.359. The van der Waals surface area contributed by atoms with Gasteiger partial charge in [0.2, 0.25) is 10.0 Å². The molecule has 1 atom stereocenters. The fraction of sp³-hybridized carbons (Fsp3) is 0.400. The maximum Gasteiger partial charge on any atom is 0.244 e. The smallest absolute Gasteiger partial charge is 0.244 e. The first-order valence-electron chi connectivity index (χ1n) is 7.20. The van der Waals surface area contributed by atoms with Crippen LogP contribution in [0, 0.1) is 6.92 Å². The molecule has 110 valence electrons. The second-order valence-corrected chi connectivity index (χ2v) is 7.56. The first-order valence-corrected chi connectivity index (χ1v) is 8.64. The highest BCUT2D eigenvalue weighted by Crippen LogP contribution is 2.44. The van der Waals surface area contributed by atoms with Gasteiger partial charge in [0.25, 0.3) is 0 Å². The van der Waals surface area contributed by atoms with E-state index in [9.17, 15) is 8.42 Å². The molecule has 2 aromatic rings. The first kappa shape index (κ1) is 13.2. The van der Waals surface area contributed by atoms with Crippen molar-refractivity contribution in [1.82, 2.24) is 14.6 Å². The molecular formula is C15H17N3O2S. The molecule has 0 saturated carbocycles. The van der Waals surface area contributed by atoms with Crippen molar-refractivity contribution >= 4 is 20.8 Å². The maximum atomic E-state index is 13.0. The minimum absolute atomic E-state index is 0.0792. The Labute approximate surface area is 124 Å². The van der Waals surface area contributed by atoms with Crippen LogP contribution in [0.25, 0.3) is 10.8 Å². The monoisotopic (exact) mass is 303 g/mol. The lowest BCUT2D eigenvalue weighted by Gasteiger charge is -2.19. The van der Waals surface area contributed by atoms with Crippen molar-refractivity contribution in [3.05, 3.63) is 35.7 Å². The lowest BCUT2D eigenvalue weighted by atomic mass is 10.0. The van der Waals surface area contributed by atoms with E-state index in [1.54, 1.807) is 16.7 Å². The number of fused-ring (bicyclic) bond motifs is 5. The average molecular weight is 303 g/mol. The third-order valence-corrected chi connectivity index (χ3v) is 6.45. The molecule has 0 spiro atoms. The molecule has 0 bridgehead atoms. The molecule has 2 aliphatic heterocycles. The van der Waals surface area contributed by atoms with E-state index < -0.39 is 10.0 Å². The Balaban J connectivity index is 2.08. The van der Waals surface area contributed by atoms with Gasteiger partial charge in [-0.05, 0) is 31.0 Å². The minimum atomic E-state index is -3.41. The zero-order valence-corrected chi connectivity index (χ0v) is 12.7. The highest BCUT2D eigenvalue weighted by Gasteiger charge is 2.44. The summed E-state index contributed by atoms with van der Waals surface area (Å²) in [7, 11) is -3.41. The van der Waals surface area contributed by atoms with E-state index in [2.05, 4.69) is 10.3 Å². The summed E-state index contributed by atoms with van der Waals surface area (Å²) in [5.41, 5.74) is 1.84. The Morgan fingerprint density at radius 1 is 1.33 bits per heavy atom. The lowest BCUT2D eigenvalue weighted by Crippen LogP contribution is -2.31. The second kappa shape index (κ2) is 4.50. The van der Waals surface area contributed by atoms with E-state index in [1.807, 2.05) is 19.1 Å². The summed E-state index contributed by atoms with van der Waals surface area (Å²) >= 11 is 0. The fourth-order valence-corrected chi connectivity index (χ4v) is 5.65. The van der Waals surface area contributed by atoms with Crippen molar-refractivity contribution in [3.8, 4) is 0 Å². The van der Waals surface area contributed by atoms with Gasteiger partial charge in [-0.3, -0.25) is 4.98 Å². The molecule has 1 aromatic carbocycles. The number of aryl methyl sites for hydroxylation is 1. The molecule has 2 aliphatic rings. The number of nitrogens with zero attached hydrogens (tertiary/aromatic N) is 2. The van der Waals surface area contributed by atoms with Crippen LogP contribution in [0.2, 0.25) is 0 Å². The number of hydrogen-bond acceptors (Lipinski definition) is 4. The zero-order chi connectivity index (χ0) is 14.6. The Bertz CT molecular complexity index is 832. The largest absolute Gasteiger partial charge is 0.315 e. The molecule has 0 unspecified atom stereocenters. The summed E-state index contributed by atoms with van der Waals surface area (Å²) in [4.78, 5) is 4.66. The molecule has 4 rings (SSSR count). The zero-order valence-electron chi connectivity index (χ0n) is 11.8. The number of rotatable bonds is 0. The van der Waals surface area contributed by atoms with Crippen LogP contribution in [0.1, 0.15) is 23.6 Å². The Kier molecular flexibility index (Phi) is 2.82. The minimum Gasteiger partial charge on any atom is -0.315 e. The van der Waals surface area contributed by atoms with Gasteiger partial charge in [0.1, 0.15) is 0 Å². The molecule has 0 radical (unpaired) electrons.